The van der Waals surface area contributed by atoms with Gasteiger partial charge in [0.2, 0.25) is 0 Å². The smallest absolute Gasteiger partial charge is 0.164 e. The molecule has 0 amide bonds. The zero-order valence-electron chi connectivity index (χ0n) is 8.34. The summed E-state index contributed by atoms with van der Waals surface area (Å²) < 4.78 is 23.5. The Hall–Kier alpha value is -1.45. The molecule has 3 nitrogen and oxygen atoms in total. The van der Waals surface area contributed by atoms with Crippen LogP contribution in [0.4, 0.5) is 10.1 Å². The van der Waals surface area contributed by atoms with Gasteiger partial charge in [0.1, 0.15) is 5.82 Å². The topological polar surface area (TPSA) is 44.5 Å². The summed E-state index contributed by atoms with van der Waals surface area (Å²) in [7, 11) is 0. The van der Waals surface area contributed by atoms with Crippen molar-refractivity contribution in [3.8, 4) is 11.5 Å². The molecule has 0 saturated heterocycles. The van der Waals surface area contributed by atoms with Gasteiger partial charge >= 0.3 is 0 Å². The minimum absolute atomic E-state index is 0.0666. The number of hydrogen-bond donors (Lipinski definition) is 1. The zero-order chi connectivity index (χ0) is 10.6. The van der Waals surface area contributed by atoms with E-state index in [0.29, 0.717) is 24.7 Å². The molecule has 1 aromatic rings. The average molecular weight is 199 g/mol. The second-order valence-electron chi connectivity index (χ2n) is 2.69. The summed E-state index contributed by atoms with van der Waals surface area (Å²) in [5.41, 5.74) is 5.47. The molecule has 78 valence electrons. The highest BCUT2D eigenvalue weighted by Gasteiger charge is 2.09. The van der Waals surface area contributed by atoms with E-state index < -0.39 is 5.82 Å². The molecule has 0 aromatic heterocycles. The summed E-state index contributed by atoms with van der Waals surface area (Å²) in [6, 6.07) is 2.67. The molecule has 0 bridgehead atoms. The number of rotatable bonds is 4. The lowest BCUT2D eigenvalue weighted by Crippen LogP contribution is -2.01. The summed E-state index contributed by atoms with van der Waals surface area (Å²) in [6.07, 6.45) is 0. The second-order valence-corrected chi connectivity index (χ2v) is 2.69. The van der Waals surface area contributed by atoms with Gasteiger partial charge in [-0.2, -0.15) is 0 Å². The highest BCUT2D eigenvalue weighted by molar-refractivity contribution is 5.53. The molecule has 0 aliphatic rings. The van der Waals surface area contributed by atoms with E-state index in [2.05, 4.69) is 0 Å². The maximum Gasteiger partial charge on any atom is 0.164 e. The van der Waals surface area contributed by atoms with E-state index in [1.54, 1.807) is 0 Å². The Morgan fingerprint density at radius 1 is 1.14 bits per heavy atom. The third kappa shape index (κ3) is 2.28. The van der Waals surface area contributed by atoms with Crippen LogP contribution in [0.2, 0.25) is 0 Å². The van der Waals surface area contributed by atoms with E-state index in [-0.39, 0.29) is 5.69 Å². The first kappa shape index (κ1) is 10.6. The van der Waals surface area contributed by atoms with Crippen LogP contribution in [0.1, 0.15) is 13.8 Å². The molecule has 1 rings (SSSR count). The molecule has 2 N–H and O–H groups in total. The van der Waals surface area contributed by atoms with Gasteiger partial charge < -0.3 is 15.2 Å². The lowest BCUT2D eigenvalue weighted by atomic mass is 10.2. The van der Waals surface area contributed by atoms with Gasteiger partial charge in [0.05, 0.1) is 18.9 Å². The van der Waals surface area contributed by atoms with Crippen LogP contribution in [-0.4, -0.2) is 13.2 Å². The molecular weight excluding hydrogens is 185 g/mol. The van der Waals surface area contributed by atoms with E-state index >= 15 is 0 Å². The first-order valence-electron chi connectivity index (χ1n) is 4.53. The summed E-state index contributed by atoms with van der Waals surface area (Å²) >= 11 is 0. The van der Waals surface area contributed by atoms with Crippen molar-refractivity contribution in [3.05, 3.63) is 17.9 Å². The molecule has 0 atom stereocenters. The van der Waals surface area contributed by atoms with Gasteiger partial charge in [0.25, 0.3) is 0 Å². The van der Waals surface area contributed by atoms with Crippen LogP contribution < -0.4 is 15.2 Å². The lowest BCUT2D eigenvalue weighted by Gasteiger charge is -2.11. The molecule has 0 unspecified atom stereocenters. The van der Waals surface area contributed by atoms with Crippen LogP contribution in [0.25, 0.3) is 0 Å². The molecule has 0 fully saturated rings. The van der Waals surface area contributed by atoms with Crippen LogP contribution in [0, 0.1) is 5.82 Å². The first-order valence-corrected chi connectivity index (χ1v) is 4.53. The first-order chi connectivity index (χ1) is 6.69. The summed E-state index contributed by atoms with van der Waals surface area (Å²) in [6.45, 7) is 4.62. The van der Waals surface area contributed by atoms with Crippen LogP contribution in [0.15, 0.2) is 12.1 Å². The van der Waals surface area contributed by atoms with Crippen molar-refractivity contribution in [2.45, 2.75) is 13.8 Å². The van der Waals surface area contributed by atoms with Gasteiger partial charge in [-0.1, -0.05) is 0 Å². The fourth-order valence-corrected chi connectivity index (χ4v) is 1.09. The molecule has 0 aliphatic heterocycles. The highest BCUT2D eigenvalue weighted by Crippen LogP contribution is 2.31. The van der Waals surface area contributed by atoms with Crippen molar-refractivity contribution in [2.75, 3.05) is 18.9 Å². The van der Waals surface area contributed by atoms with Gasteiger partial charge in [-0.15, -0.1) is 0 Å². The number of nitrogens with two attached hydrogens (primary N) is 1. The van der Waals surface area contributed by atoms with Crippen molar-refractivity contribution in [3.63, 3.8) is 0 Å². The van der Waals surface area contributed by atoms with Crippen LogP contribution in [-0.2, 0) is 0 Å². The normalized spacial score (nSPS) is 9.93. The molecule has 1 aromatic carbocycles. The summed E-state index contributed by atoms with van der Waals surface area (Å²) in [5.74, 6) is 0.381. The SMILES string of the molecule is CCOc1cc(N)c(F)cc1OCC. The Bertz CT molecular complexity index is 284. The Kier molecular flexibility index (Phi) is 3.56. The summed E-state index contributed by atoms with van der Waals surface area (Å²) in [4.78, 5) is 0. The second kappa shape index (κ2) is 4.69. The van der Waals surface area contributed by atoms with Crippen molar-refractivity contribution < 1.29 is 13.9 Å². The van der Waals surface area contributed by atoms with Crippen molar-refractivity contribution in [1.82, 2.24) is 0 Å². The molecular formula is C10H14FNO2. The number of halogens is 1. The van der Waals surface area contributed by atoms with Gasteiger partial charge in [-0.3, -0.25) is 0 Å². The Balaban J connectivity index is 3.03. The molecule has 0 spiro atoms. The maximum absolute atomic E-state index is 13.1. The van der Waals surface area contributed by atoms with Gasteiger partial charge in [0.15, 0.2) is 11.5 Å². The quantitative estimate of drug-likeness (QED) is 0.756. The van der Waals surface area contributed by atoms with Crippen molar-refractivity contribution in [1.29, 1.82) is 0 Å². The largest absolute Gasteiger partial charge is 0.490 e. The van der Waals surface area contributed by atoms with E-state index in [1.807, 2.05) is 13.8 Å². The predicted octanol–water partition coefficient (Wildman–Crippen LogP) is 2.21. The molecule has 4 heteroatoms. The fourth-order valence-electron chi connectivity index (χ4n) is 1.09. The standard InChI is InChI=1S/C10H14FNO2/c1-3-13-9-5-7(11)8(12)6-10(9)14-4-2/h5-6H,3-4,12H2,1-2H3. The number of nitrogen functional groups attached to an aromatic ring is 1. The lowest BCUT2D eigenvalue weighted by molar-refractivity contribution is 0.286. The average Bonchev–Trinajstić information content (AvgIpc) is 2.14. The van der Waals surface area contributed by atoms with Crippen LogP contribution in [0.5, 0.6) is 11.5 Å². The number of hydrogen-bond acceptors (Lipinski definition) is 3. The zero-order valence-corrected chi connectivity index (χ0v) is 8.34. The number of anilines is 1. The number of ether oxygens (including phenoxy) is 2. The van der Waals surface area contributed by atoms with E-state index in [1.165, 1.54) is 12.1 Å². The third-order valence-electron chi connectivity index (χ3n) is 1.66. The van der Waals surface area contributed by atoms with Gasteiger partial charge in [-0.05, 0) is 13.8 Å². The maximum atomic E-state index is 13.1. The van der Waals surface area contributed by atoms with E-state index in [0.717, 1.165) is 0 Å². The predicted molar refractivity (Wildman–Crippen MR) is 53.2 cm³/mol. The van der Waals surface area contributed by atoms with Gasteiger partial charge in [0, 0.05) is 12.1 Å². The molecule has 0 saturated carbocycles. The van der Waals surface area contributed by atoms with E-state index in [4.69, 9.17) is 15.2 Å². The van der Waals surface area contributed by atoms with Crippen LogP contribution >= 0.6 is 0 Å². The fraction of sp³-hybridized carbons (Fsp3) is 0.400. The monoisotopic (exact) mass is 199 g/mol. The Morgan fingerprint density at radius 2 is 1.64 bits per heavy atom. The van der Waals surface area contributed by atoms with E-state index in [9.17, 15) is 4.39 Å². The molecule has 14 heavy (non-hydrogen) atoms. The third-order valence-corrected chi connectivity index (χ3v) is 1.66. The minimum atomic E-state index is -0.489. The Labute approximate surface area is 82.6 Å². The van der Waals surface area contributed by atoms with Gasteiger partial charge in [-0.25, -0.2) is 4.39 Å². The van der Waals surface area contributed by atoms with Crippen molar-refractivity contribution >= 4 is 5.69 Å². The molecule has 0 heterocycles. The van der Waals surface area contributed by atoms with Crippen molar-refractivity contribution in [2.24, 2.45) is 0 Å². The molecule has 0 aliphatic carbocycles. The summed E-state index contributed by atoms with van der Waals surface area (Å²) in [5, 5.41) is 0. The minimum Gasteiger partial charge on any atom is -0.490 e. The van der Waals surface area contributed by atoms with Crippen LogP contribution in [0.3, 0.4) is 0 Å². The number of benzene rings is 1. The Morgan fingerprint density at radius 3 is 2.14 bits per heavy atom. The molecule has 0 radical (unpaired) electrons. The highest BCUT2D eigenvalue weighted by atomic mass is 19.1.